The van der Waals surface area contributed by atoms with E-state index in [1.54, 1.807) is 0 Å². The second-order valence-electron chi connectivity index (χ2n) is 8.37. The maximum Gasteiger partial charge on any atom is 0.191 e. The molecule has 5 nitrogen and oxygen atoms in total. The number of nitrogens with zero attached hydrogens (tertiary/aromatic N) is 2. The summed E-state index contributed by atoms with van der Waals surface area (Å²) in [6, 6.07) is 20.1. The zero-order chi connectivity index (χ0) is 20.8. The first-order chi connectivity index (χ1) is 14.7. The van der Waals surface area contributed by atoms with Crippen LogP contribution < -0.4 is 15.4 Å². The van der Waals surface area contributed by atoms with Crippen molar-refractivity contribution < 1.29 is 4.74 Å². The van der Waals surface area contributed by atoms with E-state index in [1.807, 2.05) is 13.1 Å². The Morgan fingerprint density at radius 3 is 2.52 bits per heavy atom. The predicted molar refractivity (Wildman–Crippen MR) is 139 cm³/mol. The first-order valence-corrected chi connectivity index (χ1v) is 11.2. The molecule has 2 aliphatic rings. The van der Waals surface area contributed by atoms with E-state index < -0.39 is 0 Å². The van der Waals surface area contributed by atoms with Crippen LogP contribution in [0.15, 0.2) is 59.6 Å². The number of likely N-dealkylation sites (tertiary alicyclic amines) is 1. The van der Waals surface area contributed by atoms with Crippen LogP contribution in [-0.4, -0.2) is 50.2 Å². The van der Waals surface area contributed by atoms with Gasteiger partial charge in [-0.25, -0.2) is 0 Å². The second kappa shape index (κ2) is 11.7. The Labute approximate surface area is 203 Å². The van der Waals surface area contributed by atoms with Crippen molar-refractivity contribution in [2.24, 2.45) is 4.99 Å². The Morgan fingerprint density at radius 2 is 1.77 bits per heavy atom. The molecule has 2 N–H and O–H groups in total. The van der Waals surface area contributed by atoms with Crippen LogP contribution in [0.2, 0.25) is 0 Å². The van der Waals surface area contributed by atoms with Crippen molar-refractivity contribution in [1.29, 1.82) is 0 Å². The van der Waals surface area contributed by atoms with Gasteiger partial charge in [0.25, 0.3) is 0 Å². The number of nitrogens with one attached hydrogen (secondary N) is 2. The Bertz CT molecular complexity index is 836. The maximum atomic E-state index is 5.79. The number of benzene rings is 2. The normalized spacial score (nSPS) is 20.7. The maximum absolute atomic E-state index is 5.79. The van der Waals surface area contributed by atoms with Crippen LogP contribution in [0.5, 0.6) is 5.75 Å². The molecule has 4 rings (SSSR count). The van der Waals surface area contributed by atoms with Crippen molar-refractivity contribution in [2.45, 2.75) is 44.2 Å². The number of para-hydroxylation sites is 1. The molecule has 0 radical (unpaired) electrons. The number of piperidine rings is 1. The van der Waals surface area contributed by atoms with Gasteiger partial charge in [-0.1, -0.05) is 48.5 Å². The number of aliphatic imine (C=N–C) groups is 1. The monoisotopic (exact) mass is 534 g/mol. The minimum Gasteiger partial charge on any atom is -0.493 e. The summed E-state index contributed by atoms with van der Waals surface area (Å²) in [7, 11) is 1.86. The van der Waals surface area contributed by atoms with Crippen molar-refractivity contribution in [3.63, 3.8) is 0 Å². The van der Waals surface area contributed by atoms with Crippen LogP contribution in [0.4, 0.5) is 0 Å². The number of ether oxygens (including phenoxy) is 1. The Morgan fingerprint density at radius 1 is 1.06 bits per heavy atom. The third-order valence-corrected chi connectivity index (χ3v) is 6.52. The molecule has 0 amide bonds. The zero-order valence-electron chi connectivity index (χ0n) is 18.6. The van der Waals surface area contributed by atoms with E-state index in [4.69, 9.17) is 4.74 Å². The van der Waals surface area contributed by atoms with Crippen LogP contribution in [-0.2, 0) is 0 Å². The van der Waals surface area contributed by atoms with Gasteiger partial charge in [-0.3, -0.25) is 9.89 Å². The number of fused-ring (bicyclic) bond motifs is 1. The fourth-order valence-electron chi connectivity index (χ4n) is 4.61. The number of rotatable bonds is 5. The number of hydrogen-bond donors (Lipinski definition) is 2. The van der Waals surface area contributed by atoms with E-state index >= 15 is 0 Å². The largest absolute Gasteiger partial charge is 0.493 e. The highest BCUT2D eigenvalue weighted by molar-refractivity contribution is 14.0. The summed E-state index contributed by atoms with van der Waals surface area (Å²) in [6.07, 6.45) is 3.31. The topological polar surface area (TPSA) is 48.9 Å². The van der Waals surface area contributed by atoms with Crippen molar-refractivity contribution in [3.8, 4) is 5.75 Å². The SMILES string of the molecule is CN=C(NCC1CCOc2ccccc21)NC1CCN(C(C)c2ccccc2)CC1.I. The molecule has 2 heterocycles. The lowest BCUT2D eigenvalue weighted by Crippen LogP contribution is -2.49. The fraction of sp³-hybridized carbons (Fsp3) is 0.480. The van der Waals surface area contributed by atoms with Gasteiger partial charge in [0.2, 0.25) is 0 Å². The van der Waals surface area contributed by atoms with E-state index in [0.29, 0.717) is 18.0 Å². The lowest BCUT2D eigenvalue weighted by Gasteiger charge is -2.37. The lowest BCUT2D eigenvalue weighted by atomic mass is 9.93. The highest BCUT2D eigenvalue weighted by atomic mass is 127. The number of halogens is 1. The molecule has 0 spiro atoms. The van der Waals surface area contributed by atoms with Crippen LogP contribution in [0.25, 0.3) is 0 Å². The molecule has 2 aromatic carbocycles. The number of hydrogen-bond acceptors (Lipinski definition) is 3. The summed E-state index contributed by atoms with van der Waals surface area (Å²) < 4.78 is 5.79. The molecule has 2 unspecified atom stereocenters. The van der Waals surface area contributed by atoms with E-state index in [1.165, 1.54) is 11.1 Å². The van der Waals surface area contributed by atoms with Gasteiger partial charge in [0.15, 0.2) is 5.96 Å². The molecule has 6 heteroatoms. The summed E-state index contributed by atoms with van der Waals surface area (Å²) in [5.41, 5.74) is 2.70. The average Bonchev–Trinajstić information content (AvgIpc) is 2.82. The van der Waals surface area contributed by atoms with Crippen molar-refractivity contribution >= 4 is 29.9 Å². The molecule has 0 aliphatic carbocycles. The van der Waals surface area contributed by atoms with Gasteiger partial charge in [0.05, 0.1) is 6.61 Å². The van der Waals surface area contributed by atoms with Crippen LogP contribution >= 0.6 is 24.0 Å². The first kappa shape index (κ1) is 23.9. The van der Waals surface area contributed by atoms with Gasteiger partial charge in [-0.15, -0.1) is 24.0 Å². The molecule has 168 valence electrons. The zero-order valence-corrected chi connectivity index (χ0v) is 20.9. The average molecular weight is 534 g/mol. The van der Waals surface area contributed by atoms with Crippen molar-refractivity contribution in [3.05, 3.63) is 65.7 Å². The minimum absolute atomic E-state index is 0. The Hall–Kier alpha value is -1.80. The molecule has 0 aromatic heterocycles. The van der Waals surface area contributed by atoms with Crippen molar-refractivity contribution in [2.75, 3.05) is 33.3 Å². The third kappa shape index (κ3) is 6.13. The summed E-state index contributed by atoms with van der Waals surface area (Å²) in [4.78, 5) is 7.06. The summed E-state index contributed by atoms with van der Waals surface area (Å²) >= 11 is 0. The predicted octanol–water partition coefficient (Wildman–Crippen LogP) is 4.56. The van der Waals surface area contributed by atoms with Crippen LogP contribution in [0.1, 0.15) is 49.3 Å². The lowest BCUT2D eigenvalue weighted by molar-refractivity contribution is 0.158. The van der Waals surface area contributed by atoms with Crippen LogP contribution in [0.3, 0.4) is 0 Å². The van der Waals surface area contributed by atoms with E-state index in [-0.39, 0.29) is 24.0 Å². The van der Waals surface area contributed by atoms with Gasteiger partial charge in [-0.2, -0.15) is 0 Å². The number of guanidine groups is 1. The summed E-state index contributed by atoms with van der Waals surface area (Å²) in [5.74, 6) is 2.40. The molecule has 1 saturated heterocycles. The molecular weight excluding hydrogens is 499 g/mol. The minimum atomic E-state index is 0. The van der Waals surface area contributed by atoms with Crippen molar-refractivity contribution in [1.82, 2.24) is 15.5 Å². The smallest absolute Gasteiger partial charge is 0.191 e. The summed E-state index contributed by atoms with van der Waals surface area (Å²) in [6.45, 7) is 6.20. The molecule has 2 aliphatic heterocycles. The Balaban J connectivity index is 0.00000272. The van der Waals surface area contributed by atoms with E-state index in [9.17, 15) is 0 Å². The van der Waals surface area contributed by atoms with E-state index in [0.717, 1.165) is 57.2 Å². The van der Waals surface area contributed by atoms with Crippen LogP contribution in [0, 0.1) is 0 Å². The third-order valence-electron chi connectivity index (χ3n) is 6.52. The molecule has 0 saturated carbocycles. The van der Waals surface area contributed by atoms with E-state index in [2.05, 4.69) is 76.0 Å². The standard InChI is InChI=1S/C25H34N4O.HI/c1-19(20-8-4-3-5-9-20)29-15-12-22(13-16-29)28-25(26-2)27-18-21-14-17-30-24-11-7-6-10-23(21)24;/h3-11,19,21-22H,12-18H2,1-2H3,(H2,26,27,28);1H. The molecule has 1 fully saturated rings. The first-order valence-electron chi connectivity index (χ1n) is 11.2. The highest BCUT2D eigenvalue weighted by Crippen LogP contribution is 2.32. The molecule has 31 heavy (non-hydrogen) atoms. The quantitative estimate of drug-likeness (QED) is 0.336. The molecular formula is C25H35IN4O. The van der Waals surface area contributed by atoms with Gasteiger partial charge in [-0.05, 0) is 43.4 Å². The fourth-order valence-corrected chi connectivity index (χ4v) is 4.61. The van der Waals surface area contributed by atoms with Gasteiger partial charge in [0, 0.05) is 44.7 Å². The van der Waals surface area contributed by atoms with Gasteiger partial charge < -0.3 is 15.4 Å². The molecule has 0 bridgehead atoms. The molecule has 2 aromatic rings. The molecule has 2 atom stereocenters. The Kier molecular flexibility index (Phi) is 9.02. The van der Waals surface area contributed by atoms with Gasteiger partial charge >= 0.3 is 0 Å². The highest BCUT2D eigenvalue weighted by Gasteiger charge is 2.25. The van der Waals surface area contributed by atoms with Gasteiger partial charge in [0.1, 0.15) is 5.75 Å². The summed E-state index contributed by atoms with van der Waals surface area (Å²) in [5, 5.41) is 7.21. The second-order valence-corrected chi connectivity index (χ2v) is 8.37.